The van der Waals surface area contributed by atoms with Crippen molar-refractivity contribution >= 4 is 5.97 Å². The molecule has 2 rings (SSSR count). The number of carbonyl (C=O) groups excluding carboxylic acids is 1. The SMILES string of the molecule is COC(=O)C1=C[C@@H]2C[C@@H](C)C[C@]12O. The topological polar surface area (TPSA) is 46.5 Å². The molecular weight excluding hydrogens is 168 g/mol. The number of esters is 1. The molecular formula is C10H14O3. The summed E-state index contributed by atoms with van der Waals surface area (Å²) >= 11 is 0. The lowest BCUT2D eigenvalue weighted by Crippen LogP contribution is -2.45. The van der Waals surface area contributed by atoms with Crippen LogP contribution in [0, 0.1) is 11.8 Å². The van der Waals surface area contributed by atoms with Crippen LogP contribution < -0.4 is 0 Å². The molecule has 72 valence electrons. The number of hydrogen-bond donors (Lipinski definition) is 1. The van der Waals surface area contributed by atoms with Crippen LogP contribution in [0.25, 0.3) is 0 Å². The fourth-order valence-corrected chi connectivity index (χ4v) is 2.51. The molecule has 1 N–H and O–H groups in total. The van der Waals surface area contributed by atoms with Crippen LogP contribution in [-0.2, 0) is 9.53 Å². The van der Waals surface area contributed by atoms with Crippen molar-refractivity contribution in [1.82, 2.24) is 0 Å². The molecule has 2 aliphatic carbocycles. The average molecular weight is 182 g/mol. The van der Waals surface area contributed by atoms with Gasteiger partial charge in [-0.25, -0.2) is 4.79 Å². The Morgan fingerprint density at radius 1 is 1.77 bits per heavy atom. The molecule has 0 spiro atoms. The average Bonchev–Trinajstić information content (AvgIpc) is 2.29. The number of rotatable bonds is 1. The summed E-state index contributed by atoms with van der Waals surface area (Å²) in [6.07, 6.45) is 3.52. The minimum Gasteiger partial charge on any atom is -0.466 e. The van der Waals surface area contributed by atoms with Crippen LogP contribution in [0.3, 0.4) is 0 Å². The van der Waals surface area contributed by atoms with Gasteiger partial charge in [0.15, 0.2) is 0 Å². The smallest absolute Gasteiger partial charge is 0.336 e. The van der Waals surface area contributed by atoms with Gasteiger partial charge in [-0.3, -0.25) is 0 Å². The van der Waals surface area contributed by atoms with Crippen LogP contribution in [0.15, 0.2) is 11.6 Å². The van der Waals surface area contributed by atoms with Crippen LogP contribution in [-0.4, -0.2) is 23.8 Å². The van der Waals surface area contributed by atoms with Gasteiger partial charge in [-0.15, -0.1) is 0 Å². The second kappa shape index (κ2) is 2.58. The molecule has 3 atom stereocenters. The molecule has 0 aromatic rings. The number of aliphatic hydroxyl groups is 1. The normalized spacial score (nSPS) is 41.9. The minimum atomic E-state index is -0.869. The van der Waals surface area contributed by atoms with Gasteiger partial charge in [0, 0.05) is 5.92 Å². The first-order chi connectivity index (χ1) is 6.08. The van der Waals surface area contributed by atoms with Gasteiger partial charge in [0.05, 0.1) is 12.7 Å². The third-order valence-electron chi connectivity index (χ3n) is 3.17. The molecule has 13 heavy (non-hydrogen) atoms. The molecule has 1 fully saturated rings. The zero-order valence-electron chi connectivity index (χ0n) is 7.91. The Balaban J connectivity index is 2.20. The van der Waals surface area contributed by atoms with E-state index in [1.807, 2.05) is 6.08 Å². The summed E-state index contributed by atoms with van der Waals surface area (Å²) in [6.45, 7) is 2.10. The van der Waals surface area contributed by atoms with Crippen LogP contribution in [0.1, 0.15) is 19.8 Å². The fraction of sp³-hybridized carbons (Fsp3) is 0.700. The van der Waals surface area contributed by atoms with Gasteiger partial charge < -0.3 is 9.84 Å². The standard InChI is InChI=1S/C10H14O3/c1-6-3-7-4-8(9(11)13-2)10(7,12)5-6/h4,6-7,12H,3,5H2,1-2H3/t6-,7+,10-/m1/s1. The van der Waals surface area contributed by atoms with Crippen molar-refractivity contribution < 1.29 is 14.6 Å². The van der Waals surface area contributed by atoms with Crippen molar-refractivity contribution in [2.75, 3.05) is 7.11 Å². The van der Waals surface area contributed by atoms with E-state index in [1.165, 1.54) is 7.11 Å². The summed E-state index contributed by atoms with van der Waals surface area (Å²) in [5.74, 6) is 0.290. The maximum Gasteiger partial charge on any atom is 0.336 e. The lowest BCUT2D eigenvalue weighted by atomic mass is 9.72. The van der Waals surface area contributed by atoms with Crippen LogP contribution in [0.5, 0.6) is 0 Å². The van der Waals surface area contributed by atoms with Crippen molar-refractivity contribution in [3.05, 3.63) is 11.6 Å². The van der Waals surface area contributed by atoms with Gasteiger partial charge in [-0.05, 0) is 18.8 Å². The minimum absolute atomic E-state index is 0.177. The van der Waals surface area contributed by atoms with E-state index in [2.05, 4.69) is 11.7 Å². The molecule has 0 heterocycles. The van der Waals surface area contributed by atoms with Crippen molar-refractivity contribution in [3.8, 4) is 0 Å². The highest BCUT2D eigenvalue weighted by Gasteiger charge is 2.55. The highest BCUT2D eigenvalue weighted by atomic mass is 16.5. The van der Waals surface area contributed by atoms with Crippen molar-refractivity contribution in [3.63, 3.8) is 0 Å². The second-order valence-corrected chi connectivity index (χ2v) is 4.15. The zero-order chi connectivity index (χ0) is 9.64. The lowest BCUT2D eigenvalue weighted by molar-refractivity contribution is -0.140. The van der Waals surface area contributed by atoms with Gasteiger partial charge in [-0.2, -0.15) is 0 Å². The molecule has 0 amide bonds. The van der Waals surface area contributed by atoms with E-state index in [0.717, 1.165) is 6.42 Å². The molecule has 2 aliphatic rings. The van der Waals surface area contributed by atoms with Crippen molar-refractivity contribution in [1.29, 1.82) is 0 Å². The van der Waals surface area contributed by atoms with Gasteiger partial charge in [0.25, 0.3) is 0 Å². The predicted molar refractivity (Wildman–Crippen MR) is 46.9 cm³/mol. The highest BCUT2D eigenvalue weighted by molar-refractivity contribution is 5.93. The second-order valence-electron chi connectivity index (χ2n) is 4.15. The molecule has 0 unspecified atom stereocenters. The van der Waals surface area contributed by atoms with Crippen molar-refractivity contribution in [2.45, 2.75) is 25.4 Å². The first-order valence-electron chi connectivity index (χ1n) is 4.61. The van der Waals surface area contributed by atoms with Gasteiger partial charge in [0.2, 0.25) is 0 Å². The summed E-state index contributed by atoms with van der Waals surface area (Å²) in [7, 11) is 1.35. The Hall–Kier alpha value is -0.830. The van der Waals surface area contributed by atoms with Crippen molar-refractivity contribution in [2.24, 2.45) is 11.8 Å². The highest BCUT2D eigenvalue weighted by Crippen LogP contribution is 2.52. The van der Waals surface area contributed by atoms with E-state index in [0.29, 0.717) is 17.9 Å². The van der Waals surface area contributed by atoms with E-state index < -0.39 is 5.60 Å². The Labute approximate surface area is 77.4 Å². The summed E-state index contributed by atoms with van der Waals surface area (Å²) in [5.41, 5.74) is -0.406. The number of hydrogen-bond acceptors (Lipinski definition) is 3. The number of ether oxygens (including phenoxy) is 1. The van der Waals surface area contributed by atoms with E-state index in [9.17, 15) is 9.90 Å². The summed E-state index contributed by atoms with van der Waals surface area (Å²) in [5, 5.41) is 10.1. The molecule has 0 bridgehead atoms. The van der Waals surface area contributed by atoms with Crippen LogP contribution in [0.4, 0.5) is 0 Å². The van der Waals surface area contributed by atoms with Crippen LogP contribution >= 0.6 is 0 Å². The molecule has 1 saturated carbocycles. The predicted octanol–water partition coefficient (Wildman–Crippen LogP) is 0.877. The third kappa shape index (κ3) is 1.03. The quantitative estimate of drug-likeness (QED) is 0.612. The molecule has 0 saturated heterocycles. The zero-order valence-corrected chi connectivity index (χ0v) is 7.91. The fourth-order valence-electron chi connectivity index (χ4n) is 2.51. The number of fused-ring (bicyclic) bond motifs is 1. The van der Waals surface area contributed by atoms with Gasteiger partial charge in [0.1, 0.15) is 5.60 Å². The first-order valence-corrected chi connectivity index (χ1v) is 4.61. The van der Waals surface area contributed by atoms with E-state index in [4.69, 9.17) is 0 Å². The molecule has 0 radical (unpaired) electrons. The van der Waals surface area contributed by atoms with Gasteiger partial charge in [-0.1, -0.05) is 13.0 Å². The summed E-state index contributed by atoms with van der Waals surface area (Å²) < 4.78 is 4.60. The van der Waals surface area contributed by atoms with Gasteiger partial charge >= 0.3 is 5.97 Å². The Kier molecular flexibility index (Phi) is 1.74. The third-order valence-corrected chi connectivity index (χ3v) is 3.17. The summed E-state index contributed by atoms with van der Waals surface area (Å²) in [6, 6.07) is 0. The monoisotopic (exact) mass is 182 g/mol. The Bertz CT molecular complexity index is 282. The molecule has 3 nitrogen and oxygen atoms in total. The molecule has 3 heteroatoms. The van der Waals surface area contributed by atoms with E-state index >= 15 is 0 Å². The molecule has 0 aromatic heterocycles. The Morgan fingerprint density at radius 3 is 3.00 bits per heavy atom. The first kappa shape index (κ1) is 8.75. The number of carbonyl (C=O) groups is 1. The van der Waals surface area contributed by atoms with Crippen LogP contribution in [0.2, 0.25) is 0 Å². The van der Waals surface area contributed by atoms with E-state index in [1.54, 1.807) is 0 Å². The largest absolute Gasteiger partial charge is 0.466 e. The molecule has 0 aromatic carbocycles. The Morgan fingerprint density at radius 2 is 2.46 bits per heavy atom. The maximum absolute atomic E-state index is 11.2. The lowest BCUT2D eigenvalue weighted by Gasteiger charge is -2.38. The van der Waals surface area contributed by atoms with E-state index in [-0.39, 0.29) is 11.9 Å². The number of methoxy groups -OCH3 is 1. The summed E-state index contributed by atoms with van der Waals surface area (Å²) in [4.78, 5) is 11.2. The molecule has 0 aliphatic heterocycles. The maximum atomic E-state index is 11.2.